The standard InChI is InChI=1S/C13H18FN3O2/c1-8-3-4-16(7-11(8)15)12-5-9(2)10(14)6-13(12)17(18)19/h5-6,8,11H,3-4,7,15H2,1-2H3. The van der Waals surface area contributed by atoms with Crippen LogP contribution in [0.4, 0.5) is 15.8 Å². The molecule has 1 heterocycles. The molecule has 1 aromatic carbocycles. The maximum atomic E-state index is 13.5. The van der Waals surface area contributed by atoms with Gasteiger partial charge in [0.25, 0.3) is 5.69 Å². The highest BCUT2D eigenvalue weighted by Crippen LogP contribution is 2.33. The van der Waals surface area contributed by atoms with Crippen molar-refractivity contribution in [2.24, 2.45) is 11.7 Å². The zero-order valence-electron chi connectivity index (χ0n) is 11.1. The summed E-state index contributed by atoms with van der Waals surface area (Å²) in [7, 11) is 0. The molecule has 19 heavy (non-hydrogen) atoms. The minimum Gasteiger partial charge on any atom is -0.364 e. The van der Waals surface area contributed by atoms with Gasteiger partial charge in [-0.15, -0.1) is 0 Å². The van der Waals surface area contributed by atoms with Gasteiger partial charge in [0.15, 0.2) is 0 Å². The number of halogens is 1. The number of nitrogens with two attached hydrogens (primary N) is 1. The largest absolute Gasteiger partial charge is 0.364 e. The second kappa shape index (κ2) is 5.13. The molecule has 1 aromatic rings. The van der Waals surface area contributed by atoms with Gasteiger partial charge < -0.3 is 10.6 Å². The SMILES string of the molecule is Cc1cc(N2CCC(C)C(N)C2)c([N+](=O)[O-])cc1F. The molecule has 0 aromatic heterocycles. The molecule has 0 amide bonds. The zero-order valence-corrected chi connectivity index (χ0v) is 11.1. The predicted molar refractivity (Wildman–Crippen MR) is 71.8 cm³/mol. The lowest BCUT2D eigenvalue weighted by Gasteiger charge is -2.36. The summed E-state index contributed by atoms with van der Waals surface area (Å²) in [6, 6.07) is 2.52. The lowest BCUT2D eigenvalue weighted by atomic mass is 9.93. The van der Waals surface area contributed by atoms with E-state index in [2.05, 4.69) is 6.92 Å². The van der Waals surface area contributed by atoms with Gasteiger partial charge in [0.2, 0.25) is 0 Å². The van der Waals surface area contributed by atoms with E-state index in [9.17, 15) is 14.5 Å². The van der Waals surface area contributed by atoms with Crippen LogP contribution in [0.25, 0.3) is 0 Å². The van der Waals surface area contributed by atoms with Crippen molar-refractivity contribution in [1.82, 2.24) is 0 Å². The van der Waals surface area contributed by atoms with E-state index in [0.717, 1.165) is 12.5 Å². The van der Waals surface area contributed by atoms with Crippen LogP contribution in [0.15, 0.2) is 12.1 Å². The number of piperidine rings is 1. The highest BCUT2D eigenvalue weighted by atomic mass is 19.1. The lowest BCUT2D eigenvalue weighted by Crippen LogP contribution is -2.47. The molecule has 0 saturated carbocycles. The molecule has 6 heteroatoms. The lowest BCUT2D eigenvalue weighted by molar-refractivity contribution is -0.384. The Labute approximate surface area is 111 Å². The maximum Gasteiger partial charge on any atom is 0.295 e. The number of hydrogen-bond donors (Lipinski definition) is 1. The molecule has 0 spiro atoms. The Hall–Kier alpha value is -1.69. The summed E-state index contributed by atoms with van der Waals surface area (Å²) in [4.78, 5) is 12.4. The highest BCUT2D eigenvalue weighted by molar-refractivity contribution is 5.65. The Morgan fingerprint density at radius 1 is 1.53 bits per heavy atom. The number of nitro groups is 1. The Kier molecular flexibility index (Phi) is 3.71. The third-order valence-corrected chi connectivity index (χ3v) is 3.81. The van der Waals surface area contributed by atoms with Crippen LogP contribution in [0.3, 0.4) is 0 Å². The Balaban J connectivity index is 2.38. The summed E-state index contributed by atoms with van der Waals surface area (Å²) < 4.78 is 13.5. The number of benzene rings is 1. The number of aryl methyl sites for hydroxylation is 1. The van der Waals surface area contributed by atoms with E-state index in [0.29, 0.717) is 30.3 Å². The van der Waals surface area contributed by atoms with Crippen LogP contribution in [0.5, 0.6) is 0 Å². The van der Waals surface area contributed by atoms with Crippen LogP contribution in [-0.4, -0.2) is 24.1 Å². The molecule has 2 atom stereocenters. The number of nitrogens with zero attached hydrogens (tertiary/aromatic N) is 2. The van der Waals surface area contributed by atoms with Gasteiger partial charge in [-0.25, -0.2) is 4.39 Å². The van der Waals surface area contributed by atoms with Crippen molar-refractivity contribution in [2.75, 3.05) is 18.0 Å². The molecule has 0 bridgehead atoms. The van der Waals surface area contributed by atoms with Crippen molar-refractivity contribution in [3.8, 4) is 0 Å². The van der Waals surface area contributed by atoms with Crippen LogP contribution in [0.2, 0.25) is 0 Å². The molecule has 1 saturated heterocycles. The minimum absolute atomic E-state index is 0.0151. The molecule has 0 radical (unpaired) electrons. The smallest absolute Gasteiger partial charge is 0.295 e. The first-order valence-electron chi connectivity index (χ1n) is 6.35. The van der Waals surface area contributed by atoms with Gasteiger partial charge in [-0.2, -0.15) is 0 Å². The van der Waals surface area contributed by atoms with Crippen LogP contribution in [-0.2, 0) is 0 Å². The average molecular weight is 267 g/mol. The fourth-order valence-corrected chi connectivity index (χ4v) is 2.37. The van der Waals surface area contributed by atoms with Crippen LogP contribution < -0.4 is 10.6 Å². The number of rotatable bonds is 2. The molecule has 5 nitrogen and oxygen atoms in total. The van der Waals surface area contributed by atoms with Crippen molar-refractivity contribution in [2.45, 2.75) is 26.3 Å². The molecule has 2 N–H and O–H groups in total. The summed E-state index contributed by atoms with van der Waals surface area (Å²) in [6.45, 7) is 4.95. The quantitative estimate of drug-likeness (QED) is 0.658. The molecule has 2 unspecified atom stereocenters. The average Bonchev–Trinajstić information content (AvgIpc) is 2.35. The maximum absolute atomic E-state index is 13.5. The van der Waals surface area contributed by atoms with E-state index < -0.39 is 10.7 Å². The predicted octanol–water partition coefficient (Wildman–Crippen LogP) is 2.22. The molecular weight excluding hydrogens is 249 g/mol. The zero-order chi connectivity index (χ0) is 14.2. The van der Waals surface area contributed by atoms with E-state index in [4.69, 9.17) is 5.73 Å². The molecule has 1 fully saturated rings. The first kappa shape index (κ1) is 13.7. The molecule has 0 aliphatic carbocycles. The van der Waals surface area contributed by atoms with E-state index >= 15 is 0 Å². The normalized spacial score (nSPS) is 23.5. The fourth-order valence-electron chi connectivity index (χ4n) is 2.37. The first-order valence-corrected chi connectivity index (χ1v) is 6.35. The van der Waals surface area contributed by atoms with Crippen LogP contribution in [0, 0.1) is 28.8 Å². The van der Waals surface area contributed by atoms with Crippen molar-refractivity contribution in [3.63, 3.8) is 0 Å². The van der Waals surface area contributed by atoms with Crippen molar-refractivity contribution < 1.29 is 9.31 Å². The van der Waals surface area contributed by atoms with Crippen molar-refractivity contribution in [3.05, 3.63) is 33.6 Å². The summed E-state index contributed by atoms with van der Waals surface area (Å²) >= 11 is 0. The summed E-state index contributed by atoms with van der Waals surface area (Å²) in [6.07, 6.45) is 0.884. The summed E-state index contributed by atoms with van der Waals surface area (Å²) in [5.41, 5.74) is 6.70. The van der Waals surface area contributed by atoms with Crippen molar-refractivity contribution >= 4 is 11.4 Å². The van der Waals surface area contributed by atoms with E-state index in [1.807, 2.05) is 4.90 Å². The van der Waals surface area contributed by atoms with Gasteiger partial charge in [-0.3, -0.25) is 10.1 Å². The number of hydrogen-bond acceptors (Lipinski definition) is 4. The molecule has 2 rings (SSSR count). The third kappa shape index (κ3) is 2.68. The van der Waals surface area contributed by atoms with Gasteiger partial charge >= 0.3 is 0 Å². The molecule has 1 aliphatic rings. The summed E-state index contributed by atoms with van der Waals surface area (Å²) in [5, 5.41) is 11.1. The highest BCUT2D eigenvalue weighted by Gasteiger charge is 2.28. The monoisotopic (exact) mass is 267 g/mol. The van der Waals surface area contributed by atoms with Crippen LogP contribution in [0.1, 0.15) is 18.9 Å². The van der Waals surface area contributed by atoms with Gasteiger partial charge in [-0.05, 0) is 30.9 Å². The topological polar surface area (TPSA) is 72.4 Å². The second-order valence-corrected chi connectivity index (χ2v) is 5.22. The Morgan fingerprint density at radius 2 is 2.21 bits per heavy atom. The van der Waals surface area contributed by atoms with Gasteiger partial charge in [-0.1, -0.05) is 6.92 Å². The molecule has 1 aliphatic heterocycles. The van der Waals surface area contributed by atoms with Crippen LogP contribution >= 0.6 is 0 Å². The third-order valence-electron chi connectivity index (χ3n) is 3.81. The second-order valence-electron chi connectivity index (χ2n) is 5.22. The van der Waals surface area contributed by atoms with Gasteiger partial charge in [0.05, 0.1) is 11.0 Å². The van der Waals surface area contributed by atoms with Gasteiger partial charge in [0.1, 0.15) is 11.5 Å². The van der Waals surface area contributed by atoms with Gasteiger partial charge in [0, 0.05) is 19.1 Å². The summed E-state index contributed by atoms with van der Waals surface area (Å²) in [5.74, 6) is -0.151. The molecule has 104 valence electrons. The fraction of sp³-hybridized carbons (Fsp3) is 0.538. The van der Waals surface area contributed by atoms with E-state index in [-0.39, 0.29) is 11.7 Å². The molecular formula is C13H18FN3O2. The van der Waals surface area contributed by atoms with E-state index in [1.165, 1.54) is 6.07 Å². The minimum atomic E-state index is -0.551. The van der Waals surface area contributed by atoms with E-state index in [1.54, 1.807) is 6.92 Å². The van der Waals surface area contributed by atoms with Crippen molar-refractivity contribution in [1.29, 1.82) is 0 Å². The number of anilines is 1. The Bertz CT molecular complexity index is 507. The number of nitro benzene ring substituents is 1. The first-order chi connectivity index (χ1) is 8.90. The Morgan fingerprint density at radius 3 is 2.79 bits per heavy atom.